The molecule has 19 heavy (non-hydrogen) atoms. The van der Waals surface area contributed by atoms with Gasteiger partial charge in [-0.15, -0.1) is 0 Å². The van der Waals surface area contributed by atoms with Gasteiger partial charge >= 0.3 is 18.9 Å². The van der Waals surface area contributed by atoms with E-state index in [0.717, 1.165) is 19.5 Å². The van der Waals surface area contributed by atoms with Gasteiger partial charge < -0.3 is 9.90 Å². The minimum absolute atomic E-state index is 0. The minimum atomic E-state index is -0.897. The zero-order valence-electron chi connectivity index (χ0n) is 11.7. The molecule has 98 valence electrons. The van der Waals surface area contributed by atoms with Crippen molar-refractivity contribution in [2.45, 2.75) is 32.2 Å². The molecule has 0 aromatic carbocycles. The van der Waals surface area contributed by atoms with Gasteiger partial charge in [-0.2, -0.15) is 0 Å². The summed E-state index contributed by atoms with van der Waals surface area (Å²) >= 11 is 0. The number of hydrogen-bond donors (Lipinski definition) is 0. The first kappa shape index (κ1) is 16.2. The van der Waals surface area contributed by atoms with Gasteiger partial charge in [0.05, 0.1) is 0 Å². The molecule has 0 spiro atoms. The largest absolute Gasteiger partial charge is 1.00 e. The maximum atomic E-state index is 10.8. The number of rotatable bonds is 4. The molecule has 2 rings (SSSR count). The van der Waals surface area contributed by atoms with Crippen LogP contribution in [0.4, 0.5) is 0 Å². The van der Waals surface area contributed by atoms with Gasteiger partial charge in [-0.05, 0) is 50.0 Å². The third-order valence-corrected chi connectivity index (χ3v) is 3.78. The van der Waals surface area contributed by atoms with Gasteiger partial charge in [-0.25, -0.2) is 0 Å². The zero-order valence-corrected chi connectivity index (χ0v) is 11.7. The summed E-state index contributed by atoms with van der Waals surface area (Å²) in [6.45, 7) is 3.83. The van der Waals surface area contributed by atoms with Crippen LogP contribution in [0.3, 0.4) is 0 Å². The predicted octanol–water partition coefficient (Wildman–Crippen LogP) is -2.00. The van der Waals surface area contributed by atoms with E-state index in [1.165, 1.54) is 5.56 Å². The molecule has 1 saturated heterocycles. The van der Waals surface area contributed by atoms with Crippen LogP contribution in [-0.4, -0.2) is 28.9 Å². The van der Waals surface area contributed by atoms with E-state index in [1.807, 2.05) is 24.5 Å². The minimum Gasteiger partial charge on any atom is -0.550 e. The van der Waals surface area contributed by atoms with Crippen molar-refractivity contribution in [3.05, 3.63) is 30.1 Å². The number of likely N-dealkylation sites (tertiary alicyclic amines) is 1. The van der Waals surface area contributed by atoms with Crippen molar-refractivity contribution in [3.63, 3.8) is 0 Å². The van der Waals surface area contributed by atoms with E-state index in [4.69, 9.17) is 0 Å². The third kappa shape index (κ3) is 4.07. The Labute approximate surface area is 126 Å². The fraction of sp³-hybridized carbons (Fsp3) is 0.571. The summed E-state index contributed by atoms with van der Waals surface area (Å²) in [5.74, 6) is -1.16. The molecule has 0 bridgehead atoms. The normalized spacial score (nSPS) is 18.6. The Bertz CT molecular complexity index is 392. The zero-order chi connectivity index (χ0) is 13.0. The van der Waals surface area contributed by atoms with Crippen molar-refractivity contribution in [3.8, 4) is 0 Å². The first-order chi connectivity index (χ1) is 8.72. The van der Waals surface area contributed by atoms with Crippen LogP contribution in [0.1, 0.15) is 37.8 Å². The van der Waals surface area contributed by atoms with Crippen LogP contribution in [0.25, 0.3) is 0 Å². The van der Waals surface area contributed by atoms with Crippen LogP contribution in [0, 0.1) is 5.92 Å². The average molecular weight is 254 g/mol. The number of nitrogens with zero attached hydrogens (tertiary/aromatic N) is 2. The van der Waals surface area contributed by atoms with Crippen LogP contribution in [0.15, 0.2) is 24.5 Å². The molecule has 1 aromatic rings. The Morgan fingerprint density at radius 2 is 2.00 bits per heavy atom. The van der Waals surface area contributed by atoms with Gasteiger partial charge in [0, 0.05) is 30.3 Å². The van der Waals surface area contributed by atoms with Crippen LogP contribution >= 0.6 is 0 Å². The molecular weight excluding hydrogens is 235 g/mol. The number of carboxylic acid groups (broad SMARTS) is 1. The van der Waals surface area contributed by atoms with Crippen LogP contribution < -0.4 is 24.0 Å². The number of hydrogen-bond acceptors (Lipinski definition) is 4. The van der Waals surface area contributed by atoms with Crippen molar-refractivity contribution in [1.82, 2.24) is 9.88 Å². The number of aromatic nitrogens is 1. The van der Waals surface area contributed by atoms with Crippen LogP contribution in [0.2, 0.25) is 0 Å². The van der Waals surface area contributed by atoms with Gasteiger partial charge in [-0.1, -0.05) is 6.92 Å². The molecule has 5 heteroatoms. The van der Waals surface area contributed by atoms with E-state index in [9.17, 15) is 9.90 Å². The van der Waals surface area contributed by atoms with Gasteiger partial charge in [0.15, 0.2) is 0 Å². The maximum absolute atomic E-state index is 10.8. The van der Waals surface area contributed by atoms with Crippen LogP contribution in [0.5, 0.6) is 0 Å². The molecule has 0 radical (unpaired) electrons. The molecule has 1 fully saturated rings. The molecule has 1 unspecified atom stereocenters. The summed E-state index contributed by atoms with van der Waals surface area (Å²) in [7, 11) is 0. The Balaban J connectivity index is 0.00000180. The Kier molecular flexibility index (Phi) is 6.57. The fourth-order valence-electron chi connectivity index (χ4n) is 2.74. The smallest absolute Gasteiger partial charge is 0.550 e. The number of carbonyl (C=O) groups is 1. The number of piperidine rings is 1. The second-order valence-electron chi connectivity index (χ2n) is 4.83. The molecule has 2 heterocycles. The SMILES string of the molecule is CCC(c1ccncc1)N1CCC(C(=O)[O-])CC1.[Li+]. The number of pyridine rings is 1. The Hall–Kier alpha value is -0.823. The molecule has 0 N–H and O–H groups in total. The quantitative estimate of drug-likeness (QED) is 0.583. The van der Waals surface area contributed by atoms with Crippen molar-refractivity contribution < 1.29 is 28.8 Å². The maximum Gasteiger partial charge on any atom is 1.00 e. The second-order valence-corrected chi connectivity index (χ2v) is 4.83. The van der Waals surface area contributed by atoms with Crippen molar-refractivity contribution in [2.24, 2.45) is 5.92 Å². The standard InChI is InChI=1S/C14H20N2O2.Li/c1-2-13(11-3-7-15-8-4-11)16-9-5-12(6-10-16)14(17)18;/h3-4,7-8,12-13H,2,5-6,9-10H2,1H3,(H,17,18);/q;+1/p-1. The monoisotopic (exact) mass is 254 g/mol. The first-order valence-corrected chi connectivity index (χ1v) is 6.57. The molecule has 0 amide bonds. The molecule has 1 aromatic heterocycles. The molecule has 1 atom stereocenters. The van der Waals surface area contributed by atoms with Crippen molar-refractivity contribution >= 4 is 5.97 Å². The van der Waals surface area contributed by atoms with E-state index < -0.39 is 5.97 Å². The van der Waals surface area contributed by atoms with E-state index in [1.54, 1.807) is 0 Å². The molecule has 4 nitrogen and oxygen atoms in total. The van der Waals surface area contributed by atoms with E-state index in [2.05, 4.69) is 16.8 Å². The summed E-state index contributed by atoms with van der Waals surface area (Å²) in [5, 5.41) is 10.8. The first-order valence-electron chi connectivity index (χ1n) is 6.57. The second kappa shape index (κ2) is 7.69. The number of carbonyl (C=O) groups excluding carboxylic acids is 1. The molecular formula is C14H19LiN2O2. The summed E-state index contributed by atoms with van der Waals surface area (Å²) in [6.07, 6.45) is 6.05. The summed E-state index contributed by atoms with van der Waals surface area (Å²) < 4.78 is 0. The number of carboxylic acids is 1. The molecule has 0 aliphatic carbocycles. The van der Waals surface area contributed by atoms with E-state index in [0.29, 0.717) is 18.9 Å². The van der Waals surface area contributed by atoms with Gasteiger partial charge in [0.25, 0.3) is 0 Å². The summed E-state index contributed by atoms with van der Waals surface area (Å²) in [6, 6.07) is 4.45. The third-order valence-electron chi connectivity index (χ3n) is 3.78. The Morgan fingerprint density at radius 1 is 1.42 bits per heavy atom. The van der Waals surface area contributed by atoms with E-state index in [-0.39, 0.29) is 24.8 Å². The molecule has 1 aliphatic heterocycles. The van der Waals surface area contributed by atoms with Gasteiger partial charge in [0.2, 0.25) is 0 Å². The van der Waals surface area contributed by atoms with Gasteiger partial charge in [0.1, 0.15) is 0 Å². The van der Waals surface area contributed by atoms with Crippen LogP contribution in [-0.2, 0) is 4.79 Å². The van der Waals surface area contributed by atoms with Crippen molar-refractivity contribution in [1.29, 1.82) is 0 Å². The molecule has 0 saturated carbocycles. The fourth-order valence-corrected chi connectivity index (χ4v) is 2.74. The van der Waals surface area contributed by atoms with Crippen molar-refractivity contribution in [2.75, 3.05) is 13.1 Å². The topological polar surface area (TPSA) is 56.3 Å². The molecule has 1 aliphatic rings. The summed E-state index contributed by atoms with van der Waals surface area (Å²) in [5.41, 5.74) is 1.26. The van der Waals surface area contributed by atoms with E-state index >= 15 is 0 Å². The Morgan fingerprint density at radius 3 is 2.47 bits per heavy atom. The van der Waals surface area contributed by atoms with Gasteiger partial charge in [-0.3, -0.25) is 9.88 Å². The predicted molar refractivity (Wildman–Crippen MR) is 66.6 cm³/mol. The summed E-state index contributed by atoms with van der Waals surface area (Å²) in [4.78, 5) is 17.2. The average Bonchev–Trinajstić information content (AvgIpc) is 2.41. The number of aliphatic carboxylic acids is 1.